The molecule has 6 heteroatoms. The minimum Gasteiger partial charge on any atom is -0.332 e. The van der Waals surface area contributed by atoms with Crippen molar-refractivity contribution in [1.82, 2.24) is 15.1 Å². The lowest BCUT2D eigenvalue weighted by Gasteiger charge is -2.26. The molecule has 98 valence electrons. The molecular formula is C13H12BrN3O2. The number of halogens is 1. The highest BCUT2D eigenvalue weighted by Gasteiger charge is 2.24. The second kappa shape index (κ2) is 4.70. The number of nitrogens with zero attached hydrogens (tertiary/aromatic N) is 1. The van der Waals surface area contributed by atoms with Crippen LogP contribution in [0.1, 0.15) is 21.6 Å². The first-order valence-corrected chi connectivity index (χ1v) is 6.77. The van der Waals surface area contributed by atoms with Crippen molar-refractivity contribution in [3.05, 3.63) is 55.9 Å². The number of aromatic amines is 2. The van der Waals surface area contributed by atoms with Crippen LogP contribution in [0.5, 0.6) is 0 Å². The summed E-state index contributed by atoms with van der Waals surface area (Å²) in [6.45, 7) is 1.01. The Balaban J connectivity index is 1.85. The van der Waals surface area contributed by atoms with Gasteiger partial charge in [-0.15, -0.1) is 0 Å². The molecule has 0 aliphatic carbocycles. The van der Waals surface area contributed by atoms with Gasteiger partial charge in [-0.1, -0.05) is 22.0 Å². The van der Waals surface area contributed by atoms with Gasteiger partial charge >= 0.3 is 0 Å². The maximum absolute atomic E-state index is 12.4. The van der Waals surface area contributed by atoms with Gasteiger partial charge in [-0.05, 0) is 24.6 Å². The molecular weight excluding hydrogens is 310 g/mol. The zero-order valence-corrected chi connectivity index (χ0v) is 11.7. The highest BCUT2D eigenvalue weighted by Crippen LogP contribution is 2.18. The van der Waals surface area contributed by atoms with Crippen LogP contribution in [0, 0.1) is 0 Å². The number of H-pyrrole nitrogens is 2. The Bertz CT molecular complexity index is 689. The average molecular weight is 322 g/mol. The molecule has 1 aliphatic heterocycles. The lowest BCUT2D eigenvalue weighted by atomic mass is 10.1. The van der Waals surface area contributed by atoms with Crippen molar-refractivity contribution >= 4 is 21.8 Å². The van der Waals surface area contributed by atoms with Crippen LogP contribution in [0.3, 0.4) is 0 Å². The molecule has 1 amide bonds. The van der Waals surface area contributed by atoms with E-state index >= 15 is 0 Å². The van der Waals surface area contributed by atoms with E-state index in [-0.39, 0.29) is 11.5 Å². The summed E-state index contributed by atoms with van der Waals surface area (Å²) < 4.78 is 0.881. The lowest BCUT2D eigenvalue weighted by Crippen LogP contribution is -2.36. The van der Waals surface area contributed by atoms with Gasteiger partial charge < -0.3 is 10.00 Å². The Morgan fingerprint density at radius 1 is 1.32 bits per heavy atom. The number of amides is 1. The van der Waals surface area contributed by atoms with Gasteiger partial charge in [-0.25, -0.2) is 0 Å². The van der Waals surface area contributed by atoms with Crippen molar-refractivity contribution in [2.45, 2.75) is 13.0 Å². The summed E-state index contributed by atoms with van der Waals surface area (Å²) in [5, 5.41) is 5.39. The fourth-order valence-corrected chi connectivity index (χ4v) is 2.71. The molecule has 1 aromatic carbocycles. The molecule has 0 fully saturated rings. The summed E-state index contributed by atoms with van der Waals surface area (Å²) in [7, 11) is 0. The van der Waals surface area contributed by atoms with Crippen molar-refractivity contribution < 1.29 is 4.79 Å². The van der Waals surface area contributed by atoms with E-state index in [1.54, 1.807) is 17.0 Å². The lowest BCUT2D eigenvalue weighted by molar-refractivity contribution is 0.0732. The molecule has 0 saturated heterocycles. The zero-order chi connectivity index (χ0) is 13.4. The van der Waals surface area contributed by atoms with E-state index in [4.69, 9.17) is 0 Å². The first-order valence-electron chi connectivity index (χ1n) is 5.98. The smallest absolute Gasteiger partial charge is 0.267 e. The third kappa shape index (κ3) is 2.23. The topological polar surface area (TPSA) is 69.0 Å². The maximum Gasteiger partial charge on any atom is 0.267 e. The fourth-order valence-electron chi connectivity index (χ4n) is 2.31. The summed E-state index contributed by atoms with van der Waals surface area (Å²) in [6, 6.07) is 7.32. The standard InChI is InChI=1S/C13H12BrN3O2/c14-9-3-1-2-8(6-9)13(19)17-5-4-10-11(7-17)15-16-12(10)18/h1-3,6H,4-5,7H2,(H2,15,16,18). The van der Waals surface area contributed by atoms with Crippen LogP contribution < -0.4 is 5.56 Å². The summed E-state index contributed by atoms with van der Waals surface area (Å²) in [6.07, 6.45) is 0.591. The average Bonchev–Trinajstić information content (AvgIpc) is 2.79. The first kappa shape index (κ1) is 12.2. The summed E-state index contributed by atoms with van der Waals surface area (Å²) in [4.78, 5) is 25.6. The third-order valence-corrected chi connectivity index (χ3v) is 3.80. The van der Waals surface area contributed by atoms with E-state index in [0.29, 0.717) is 25.1 Å². The SMILES string of the molecule is O=C(c1cccc(Br)c1)N1CCc2c([nH][nH]c2=O)C1. The van der Waals surface area contributed by atoms with Crippen LogP contribution in [0.25, 0.3) is 0 Å². The zero-order valence-electron chi connectivity index (χ0n) is 10.1. The predicted molar refractivity (Wildman–Crippen MR) is 74.0 cm³/mol. The number of rotatable bonds is 1. The molecule has 0 atom stereocenters. The summed E-state index contributed by atoms with van der Waals surface area (Å²) in [5.74, 6) is -0.0194. The molecule has 19 heavy (non-hydrogen) atoms. The van der Waals surface area contributed by atoms with E-state index in [1.165, 1.54) is 0 Å². The fraction of sp³-hybridized carbons (Fsp3) is 0.231. The van der Waals surface area contributed by atoms with E-state index in [9.17, 15) is 9.59 Å². The Morgan fingerprint density at radius 2 is 2.16 bits per heavy atom. The second-order valence-electron chi connectivity index (χ2n) is 4.52. The van der Waals surface area contributed by atoms with Gasteiger partial charge in [0.1, 0.15) is 0 Å². The number of carbonyl (C=O) groups excluding carboxylic acids is 1. The molecule has 0 radical (unpaired) electrons. The Kier molecular flexibility index (Phi) is 3.02. The van der Waals surface area contributed by atoms with Gasteiger partial charge in [0.2, 0.25) is 0 Å². The molecule has 0 unspecified atom stereocenters. The Morgan fingerprint density at radius 3 is 2.95 bits per heavy atom. The van der Waals surface area contributed by atoms with E-state index in [2.05, 4.69) is 26.1 Å². The van der Waals surface area contributed by atoms with Crippen LogP contribution in [0.2, 0.25) is 0 Å². The number of aromatic nitrogens is 2. The van der Waals surface area contributed by atoms with Crippen molar-refractivity contribution in [1.29, 1.82) is 0 Å². The third-order valence-electron chi connectivity index (χ3n) is 3.30. The molecule has 0 saturated carbocycles. The minimum atomic E-state index is -0.0791. The minimum absolute atomic E-state index is 0.0194. The van der Waals surface area contributed by atoms with Crippen LogP contribution in [-0.4, -0.2) is 27.5 Å². The summed E-state index contributed by atoms with van der Waals surface area (Å²) >= 11 is 3.36. The molecule has 0 spiro atoms. The van der Waals surface area contributed by atoms with Gasteiger partial charge in [-0.2, -0.15) is 0 Å². The quantitative estimate of drug-likeness (QED) is 0.838. The van der Waals surface area contributed by atoms with Gasteiger partial charge in [0.25, 0.3) is 11.5 Å². The largest absolute Gasteiger partial charge is 0.332 e. The predicted octanol–water partition coefficient (Wildman–Crippen LogP) is 1.66. The summed E-state index contributed by atoms with van der Waals surface area (Å²) in [5.41, 5.74) is 2.14. The molecule has 1 aromatic heterocycles. The first-order chi connectivity index (χ1) is 9.15. The number of fused-ring (bicyclic) bond motifs is 1. The van der Waals surface area contributed by atoms with Crippen molar-refractivity contribution in [2.75, 3.05) is 6.54 Å². The van der Waals surface area contributed by atoms with Gasteiger partial charge in [0, 0.05) is 22.1 Å². The number of benzene rings is 1. The molecule has 2 heterocycles. The monoisotopic (exact) mass is 321 g/mol. The highest BCUT2D eigenvalue weighted by atomic mass is 79.9. The molecule has 1 aliphatic rings. The molecule has 0 bridgehead atoms. The number of nitrogens with one attached hydrogen (secondary N) is 2. The molecule has 5 nitrogen and oxygen atoms in total. The van der Waals surface area contributed by atoms with Crippen molar-refractivity contribution in [3.63, 3.8) is 0 Å². The van der Waals surface area contributed by atoms with E-state index in [1.807, 2.05) is 12.1 Å². The van der Waals surface area contributed by atoms with Crippen LogP contribution in [0.15, 0.2) is 33.5 Å². The van der Waals surface area contributed by atoms with E-state index in [0.717, 1.165) is 15.7 Å². The van der Waals surface area contributed by atoms with Gasteiger partial charge in [0.05, 0.1) is 12.2 Å². The molecule has 3 rings (SSSR count). The normalized spacial score (nSPS) is 14.3. The molecule has 2 aromatic rings. The number of carbonyl (C=O) groups is 1. The van der Waals surface area contributed by atoms with Crippen LogP contribution in [-0.2, 0) is 13.0 Å². The van der Waals surface area contributed by atoms with Crippen molar-refractivity contribution in [2.24, 2.45) is 0 Å². The number of hydrogen-bond donors (Lipinski definition) is 2. The highest BCUT2D eigenvalue weighted by molar-refractivity contribution is 9.10. The molecule has 2 N–H and O–H groups in total. The van der Waals surface area contributed by atoms with E-state index < -0.39 is 0 Å². The Hall–Kier alpha value is -1.82. The van der Waals surface area contributed by atoms with Crippen molar-refractivity contribution in [3.8, 4) is 0 Å². The van der Waals surface area contributed by atoms with Crippen LogP contribution >= 0.6 is 15.9 Å². The van der Waals surface area contributed by atoms with Crippen LogP contribution in [0.4, 0.5) is 0 Å². The van der Waals surface area contributed by atoms with Gasteiger partial charge in [-0.3, -0.25) is 14.7 Å². The second-order valence-corrected chi connectivity index (χ2v) is 5.44. The Labute approximate surface area is 117 Å². The van der Waals surface area contributed by atoms with Gasteiger partial charge in [0.15, 0.2) is 0 Å². The number of hydrogen-bond acceptors (Lipinski definition) is 2. The maximum atomic E-state index is 12.4.